The average molecular weight is 536 g/mol. The van der Waals surface area contributed by atoms with E-state index in [1.807, 2.05) is 18.3 Å². The molecule has 1 aliphatic heterocycles. The van der Waals surface area contributed by atoms with Gasteiger partial charge in [-0.2, -0.15) is 0 Å². The quantitative estimate of drug-likeness (QED) is 0.264. The van der Waals surface area contributed by atoms with Crippen molar-refractivity contribution in [1.82, 2.24) is 15.3 Å². The fourth-order valence-electron chi connectivity index (χ4n) is 4.53. The first-order valence-electron chi connectivity index (χ1n) is 12.2. The zero-order valence-electron chi connectivity index (χ0n) is 19.9. The Bertz CT molecular complexity index is 1450. The fourth-order valence-corrected chi connectivity index (χ4v) is 5.02. The number of halogens is 3. The molecule has 6 nitrogen and oxygen atoms in total. The monoisotopic (exact) mass is 535 g/mol. The molecule has 4 aromatic rings. The van der Waals surface area contributed by atoms with Gasteiger partial charge in [0.15, 0.2) is 5.75 Å². The van der Waals surface area contributed by atoms with Gasteiger partial charge in [-0.05, 0) is 54.7 Å². The molecule has 2 aliphatic rings. The number of hydrogen-bond donors (Lipinski definition) is 3. The number of anilines is 3. The molecule has 3 heterocycles. The Morgan fingerprint density at radius 1 is 1.03 bits per heavy atom. The minimum Gasteiger partial charge on any atom is -0.505 e. The lowest BCUT2D eigenvalue weighted by molar-refractivity contribution is 0.476. The molecule has 0 amide bonds. The Labute approximate surface area is 224 Å². The lowest BCUT2D eigenvalue weighted by Crippen LogP contribution is -2.43. The van der Waals surface area contributed by atoms with Crippen molar-refractivity contribution < 1.29 is 9.50 Å². The van der Waals surface area contributed by atoms with Crippen molar-refractivity contribution >= 4 is 51.3 Å². The van der Waals surface area contributed by atoms with Crippen molar-refractivity contribution in [3.63, 3.8) is 0 Å². The summed E-state index contributed by atoms with van der Waals surface area (Å²) >= 11 is 12.3. The molecule has 1 aliphatic carbocycles. The van der Waals surface area contributed by atoms with E-state index in [1.165, 1.54) is 18.2 Å². The molecule has 0 bridgehead atoms. The predicted molar refractivity (Wildman–Crippen MR) is 146 cm³/mol. The lowest BCUT2D eigenvalue weighted by Gasteiger charge is -2.28. The van der Waals surface area contributed by atoms with E-state index in [4.69, 9.17) is 23.2 Å². The highest BCUT2D eigenvalue weighted by atomic mass is 35.5. The maximum absolute atomic E-state index is 15.2. The number of piperazine rings is 1. The van der Waals surface area contributed by atoms with Crippen LogP contribution in [0.4, 0.5) is 21.6 Å². The Morgan fingerprint density at radius 3 is 2.46 bits per heavy atom. The van der Waals surface area contributed by atoms with E-state index in [0.29, 0.717) is 22.6 Å². The number of nitrogens with one attached hydrogen (secondary N) is 2. The van der Waals surface area contributed by atoms with Crippen LogP contribution in [0.2, 0.25) is 10.0 Å². The summed E-state index contributed by atoms with van der Waals surface area (Å²) in [6.07, 6.45) is 9.27. The van der Waals surface area contributed by atoms with Crippen LogP contribution >= 0.6 is 23.2 Å². The van der Waals surface area contributed by atoms with Gasteiger partial charge in [-0.1, -0.05) is 23.2 Å². The summed E-state index contributed by atoms with van der Waals surface area (Å²) in [6, 6.07) is 10.1. The molecule has 0 atom stereocenters. The van der Waals surface area contributed by atoms with Gasteiger partial charge >= 0.3 is 0 Å². The molecule has 3 N–H and O–H groups in total. The van der Waals surface area contributed by atoms with Crippen molar-refractivity contribution in [3.05, 3.63) is 76.6 Å². The number of aromatic hydroxyl groups is 1. The Kier molecular flexibility index (Phi) is 6.53. The summed E-state index contributed by atoms with van der Waals surface area (Å²) in [6.45, 7) is 3.72. The molecule has 37 heavy (non-hydrogen) atoms. The van der Waals surface area contributed by atoms with E-state index >= 15 is 4.39 Å². The van der Waals surface area contributed by atoms with Gasteiger partial charge in [0.2, 0.25) is 0 Å². The SMILES string of the molecule is Oc1c(Cl)cc(-c2cc3c(Nc4ccc(N5CCNCC5)nc4)c([C]C4CC4)cnc3cc2F)cc1Cl. The normalized spacial score (nSPS) is 15.8. The number of aromatic nitrogens is 2. The molecular weight excluding hydrogens is 512 g/mol. The number of phenolic OH excluding ortho intramolecular Hbond substituents is 1. The van der Waals surface area contributed by atoms with E-state index in [2.05, 4.69) is 31.9 Å². The largest absolute Gasteiger partial charge is 0.505 e. The van der Waals surface area contributed by atoms with Crippen LogP contribution in [-0.2, 0) is 0 Å². The van der Waals surface area contributed by atoms with Crippen molar-refractivity contribution in [2.45, 2.75) is 12.8 Å². The molecule has 2 aromatic carbocycles. The molecule has 1 saturated carbocycles. The summed E-state index contributed by atoms with van der Waals surface area (Å²) in [4.78, 5) is 11.5. The van der Waals surface area contributed by atoms with Crippen LogP contribution in [0.3, 0.4) is 0 Å². The van der Waals surface area contributed by atoms with Crippen molar-refractivity contribution in [3.8, 4) is 16.9 Å². The third-order valence-electron chi connectivity index (χ3n) is 6.68. The Morgan fingerprint density at radius 2 is 1.78 bits per heavy atom. The number of hydrogen-bond acceptors (Lipinski definition) is 6. The number of phenols is 1. The van der Waals surface area contributed by atoms with Gasteiger partial charge in [-0.15, -0.1) is 0 Å². The van der Waals surface area contributed by atoms with Gasteiger partial charge in [0.1, 0.15) is 11.6 Å². The number of pyridine rings is 2. The smallest absolute Gasteiger partial charge is 0.152 e. The van der Waals surface area contributed by atoms with E-state index in [1.54, 1.807) is 12.3 Å². The predicted octanol–water partition coefficient (Wildman–Crippen LogP) is 6.44. The summed E-state index contributed by atoms with van der Waals surface area (Å²) in [5.41, 5.74) is 3.70. The molecule has 1 saturated heterocycles. The van der Waals surface area contributed by atoms with E-state index < -0.39 is 5.82 Å². The van der Waals surface area contributed by atoms with Gasteiger partial charge in [0.25, 0.3) is 0 Å². The first-order valence-corrected chi connectivity index (χ1v) is 13.0. The Hall–Kier alpha value is -3.13. The van der Waals surface area contributed by atoms with Gasteiger partial charge in [0.05, 0.1) is 33.1 Å². The van der Waals surface area contributed by atoms with Crippen LogP contribution in [0.1, 0.15) is 18.4 Å². The molecule has 2 aromatic heterocycles. The van der Waals surface area contributed by atoms with Crippen molar-refractivity contribution in [1.29, 1.82) is 0 Å². The van der Waals surface area contributed by atoms with Gasteiger partial charge in [-0.3, -0.25) is 4.98 Å². The molecule has 0 spiro atoms. The molecule has 2 fully saturated rings. The summed E-state index contributed by atoms with van der Waals surface area (Å²) < 4.78 is 15.2. The lowest BCUT2D eigenvalue weighted by atomic mass is 9.98. The molecule has 9 heteroatoms. The average Bonchev–Trinajstić information content (AvgIpc) is 3.73. The third kappa shape index (κ3) is 5.04. The van der Waals surface area contributed by atoms with Gasteiger partial charge in [0, 0.05) is 61.4 Å². The molecule has 6 rings (SSSR count). The molecule has 0 unspecified atom stereocenters. The number of benzene rings is 2. The molecular formula is C28H24Cl2FN5O. The fraction of sp³-hybridized carbons (Fsp3) is 0.250. The third-order valence-corrected chi connectivity index (χ3v) is 7.26. The van der Waals surface area contributed by atoms with Crippen molar-refractivity contribution in [2.24, 2.45) is 5.92 Å². The maximum Gasteiger partial charge on any atom is 0.152 e. The highest BCUT2D eigenvalue weighted by Crippen LogP contribution is 2.42. The van der Waals surface area contributed by atoms with Crippen LogP contribution in [-0.4, -0.2) is 41.3 Å². The van der Waals surface area contributed by atoms with Gasteiger partial charge < -0.3 is 20.6 Å². The highest BCUT2D eigenvalue weighted by molar-refractivity contribution is 6.37. The van der Waals surface area contributed by atoms with Gasteiger partial charge in [-0.25, -0.2) is 9.37 Å². The number of rotatable bonds is 6. The van der Waals surface area contributed by atoms with Crippen LogP contribution in [0.5, 0.6) is 5.75 Å². The number of fused-ring (bicyclic) bond motifs is 1. The summed E-state index contributed by atoms with van der Waals surface area (Å²) in [5.74, 6) is 0.634. The second-order valence-electron chi connectivity index (χ2n) is 9.37. The topological polar surface area (TPSA) is 73.3 Å². The van der Waals surface area contributed by atoms with Crippen molar-refractivity contribution in [2.75, 3.05) is 36.4 Å². The summed E-state index contributed by atoms with van der Waals surface area (Å²) in [7, 11) is 0. The Balaban J connectivity index is 1.42. The second-order valence-corrected chi connectivity index (χ2v) is 10.2. The maximum atomic E-state index is 15.2. The first kappa shape index (κ1) is 24.2. The van der Waals surface area contributed by atoms with E-state index in [0.717, 1.165) is 67.2 Å². The second kappa shape index (κ2) is 9.97. The standard InChI is InChI=1S/C28H24Cl2FN5O/c29-22-10-17(11-23(30)28(22)37)20-12-21-25(13-24(20)31)33-14-18(9-16-1-2-16)27(21)35-19-3-4-26(34-15-19)36-7-5-32-6-8-36/h3-4,10-16,32,37H,1-2,5-8H2,(H,33,35). The highest BCUT2D eigenvalue weighted by Gasteiger charge is 2.25. The van der Waals surface area contributed by atoms with Crippen LogP contribution in [0.25, 0.3) is 22.0 Å². The molecule has 2 radical (unpaired) electrons. The van der Waals surface area contributed by atoms with E-state index in [-0.39, 0.29) is 15.8 Å². The minimum absolute atomic E-state index is 0.0540. The van der Waals surface area contributed by atoms with E-state index in [9.17, 15) is 5.11 Å². The van der Waals surface area contributed by atoms with Crippen LogP contribution in [0, 0.1) is 18.2 Å². The van der Waals surface area contributed by atoms with Crippen LogP contribution < -0.4 is 15.5 Å². The first-order chi connectivity index (χ1) is 18.0. The zero-order valence-corrected chi connectivity index (χ0v) is 21.4. The summed E-state index contributed by atoms with van der Waals surface area (Å²) in [5, 5.41) is 17.6. The molecule has 188 valence electrons. The van der Waals surface area contributed by atoms with Crippen LogP contribution in [0.15, 0.2) is 48.8 Å². The number of nitrogens with zero attached hydrogens (tertiary/aromatic N) is 3. The minimum atomic E-state index is -0.464. The zero-order chi connectivity index (χ0) is 25.5.